The molecule has 3 N–H and O–H groups in total. The number of aromatic hydroxyl groups is 1. The molecule has 0 bridgehead atoms. The van der Waals surface area contributed by atoms with Crippen LogP contribution in [0.25, 0.3) is 0 Å². The summed E-state index contributed by atoms with van der Waals surface area (Å²) >= 11 is 0. The van der Waals surface area contributed by atoms with Crippen molar-refractivity contribution in [2.45, 2.75) is 11.5 Å². The van der Waals surface area contributed by atoms with Gasteiger partial charge < -0.3 is 5.11 Å². The Morgan fingerprint density at radius 2 is 2.07 bits per heavy atom. The molecular weight excluding hydrogens is 218 g/mol. The average molecular weight is 224 g/mol. The molecule has 0 saturated heterocycles. The second kappa shape index (κ2) is 3.46. The molecule has 0 amide bonds. The summed E-state index contributed by atoms with van der Waals surface area (Å²) in [6, 6.07) is 0.609. The first-order chi connectivity index (χ1) is 6.32. The Balaban J connectivity index is 3.28. The van der Waals surface area contributed by atoms with E-state index in [0.717, 1.165) is 0 Å². The number of primary sulfonamides is 1. The molecule has 1 heterocycles. The highest BCUT2D eigenvalue weighted by Crippen LogP contribution is 2.25. The fraction of sp³-hybridized carbons (Fsp3) is 0.167. The van der Waals surface area contributed by atoms with Gasteiger partial charge in [-0.25, -0.2) is 27.3 Å². The Morgan fingerprint density at radius 1 is 1.50 bits per heavy atom. The van der Waals surface area contributed by atoms with Gasteiger partial charge in [0.2, 0.25) is 5.03 Å². The van der Waals surface area contributed by atoms with Crippen LogP contribution in [0.1, 0.15) is 12.0 Å². The number of hydrogen-bond donors (Lipinski definition) is 2. The van der Waals surface area contributed by atoms with Crippen LogP contribution in [0.3, 0.4) is 0 Å². The van der Waals surface area contributed by atoms with Gasteiger partial charge in [-0.2, -0.15) is 0 Å². The maximum absolute atomic E-state index is 12.0. The Labute approximate surface area is 78.2 Å². The zero-order chi connectivity index (χ0) is 10.9. The molecule has 0 unspecified atom stereocenters. The van der Waals surface area contributed by atoms with Crippen LogP contribution in [0, 0.1) is 0 Å². The van der Waals surface area contributed by atoms with Crippen LogP contribution in [0.15, 0.2) is 17.3 Å². The predicted octanol–water partition coefficient (Wildman–Crippen LogP) is 0.372. The summed E-state index contributed by atoms with van der Waals surface area (Å²) in [6.45, 7) is 0. The van der Waals surface area contributed by atoms with E-state index in [1.807, 2.05) is 0 Å². The zero-order valence-corrected chi connectivity index (χ0v) is 7.50. The van der Waals surface area contributed by atoms with Crippen molar-refractivity contribution in [3.63, 3.8) is 0 Å². The molecule has 1 rings (SSSR count). The molecule has 5 nitrogen and oxygen atoms in total. The van der Waals surface area contributed by atoms with Gasteiger partial charge in [0.15, 0.2) is 5.75 Å². The van der Waals surface area contributed by atoms with Crippen LogP contribution < -0.4 is 5.14 Å². The van der Waals surface area contributed by atoms with Crippen molar-refractivity contribution >= 4 is 10.0 Å². The van der Waals surface area contributed by atoms with E-state index in [1.165, 1.54) is 0 Å². The fourth-order valence-electron chi connectivity index (χ4n) is 0.795. The maximum atomic E-state index is 12.0. The summed E-state index contributed by atoms with van der Waals surface area (Å²) in [7, 11) is -4.18. The lowest BCUT2D eigenvalue weighted by Gasteiger charge is -2.03. The zero-order valence-electron chi connectivity index (χ0n) is 6.68. The van der Waals surface area contributed by atoms with Gasteiger partial charge in [0.1, 0.15) is 0 Å². The van der Waals surface area contributed by atoms with Crippen molar-refractivity contribution in [3.05, 3.63) is 17.8 Å². The molecule has 0 aliphatic heterocycles. The predicted molar refractivity (Wildman–Crippen MR) is 42.2 cm³/mol. The molecule has 1 aromatic heterocycles. The van der Waals surface area contributed by atoms with Gasteiger partial charge in [0.25, 0.3) is 16.4 Å². The molecule has 0 spiro atoms. The number of hydrogen-bond acceptors (Lipinski definition) is 4. The van der Waals surface area contributed by atoms with Gasteiger partial charge in [-0.05, 0) is 6.07 Å². The van der Waals surface area contributed by atoms with Crippen molar-refractivity contribution in [1.29, 1.82) is 0 Å². The second-order valence-corrected chi connectivity index (χ2v) is 3.92. The summed E-state index contributed by atoms with van der Waals surface area (Å²) in [6.07, 6.45) is -2.19. The van der Waals surface area contributed by atoms with Crippen molar-refractivity contribution in [1.82, 2.24) is 4.98 Å². The molecule has 0 aromatic carbocycles. The SMILES string of the molecule is NS(=O)(=O)c1ncc(C(F)F)cc1O. The van der Waals surface area contributed by atoms with Crippen molar-refractivity contribution < 1.29 is 22.3 Å². The first-order valence-electron chi connectivity index (χ1n) is 3.32. The summed E-state index contributed by atoms with van der Waals surface area (Å²) in [5, 5.41) is 12.8. The van der Waals surface area contributed by atoms with Crippen LogP contribution >= 0.6 is 0 Å². The summed E-state index contributed by atoms with van der Waals surface area (Å²) in [5.74, 6) is -0.884. The molecule has 8 heteroatoms. The lowest BCUT2D eigenvalue weighted by Crippen LogP contribution is -2.14. The minimum absolute atomic E-state index is 0.574. The van der Waals surface area contributed by atoms with E-state index in [9.17, 15) is 17.2 Å². The van der Waals surface area contributed by atoms with Crippen LogP contribution in [0.2, 0.25) is 0 Å². The smallest absolute Gasteiger partial charge is 0.265 e. The van der Waals surface area contributed by atoms with Gasteiger partial charge in [-0.15, -0.1) is 0 Å². The minimum Gasteiger partial charge on any atom is -0.505 e. The highest BCUT2D eigenvalue weighted by molar-refractivity contribution is 7.89. The number of sulfonamides is 1. The quantitative estimate of drug-likeness (QED) is 0.759. The van der Waals surface area contributed by atoms with E-state index in [2.05, 4.69) is 10.1 Å². The van der Waals surface area contributed by atoms with E-state index in [-0.39, 0.29) is 0 Å². The third kappa shape index (κ3) is 2.15. The van der Waals surface area contributed by atoms with Crippen LogP contribution in [0.4, 0.5) is 8.78 Å². The molecule has 0 atom stereocenters. The van der Waals surface area contributed by atoms with Crippen LogP contribution in [0.5, 0.6) is 5.75 Å². The molecule has 0 radical (unpaired) electrons. The molecule has 0 aliphatic rings. The largest absolute Gasteiger partial charge is 0.505 e. The van der Waals surface area contributed by atoms with E-state index in [4.69, 9.17) is 5.11 Å². The highest BCUT2D eigenvalue weighted by Gasteiger charge is 2.18. The van der Waals surface area contributed by atoms with E-state index >= 15 is 0 Å². The Kier molecular flexibility index (Phi) is 2.67. The standard InChI is InChI=1S/C6H6F2N2O3S/c7-5(8)3-1-4(11)6(10-2-3)14(9,12)13/h1-2,5,11H,(H2,9,12,13). The number of nitrogens with two attached hydrogens (primary N) is 1. The van der Waals surface area contributed by atoms with Gasteiger partial charge in [-0.1, -0.05) is 0 Å². The number of aromatic nitrogens is 1. The van der Waals surface area contributed by atoms with E-state index in [1.54, 1.807) is 0 Å². The second-order valence-electron chi connectivity index (χ2n) is 2.44. The summed E-state index contributed by atoms with van der Waals surface area (Å²) in [5.41, 5.74) is -0.574. The van der Waals surface area contributed by atoms with Crippen molar-refractivity contribution in [2.24, 2.45) is 5.14 Å². The lowest BCUT2D eigenvalue weighted by atomic mass is 10.3. The van der Waals surface area contributed by atoms with E-state index in [0.29, 0.717) is 12.3 Å². The summed E-state index contributed by atoms with van der Waals surface area (Å²) in [4.78, 5) is 3.13. The number of nitrogens with zero attached hydrogens (tertiary/aromatic N) is 1. The van der Waals surface area contributed by atoms with Gasteiger partial charge in [0, 0.05) is 11.8 Å². The molecule has 0 saturated carbocycles. The molecule has 0 fully saturated rings. The third-order valence-corrected chi connectivity index (χ3v) is 2.23. The first-order valence-corrected chi connectivity index (χ1v) is 4.87. The molecule has 78 valence electrons. The van der Waals surface area contributed by atoms with E-state index < -0.39 is 32.8 Å². The number of rotatable bonds is 2. The highest BCUT2D eigenvalue weighted by atomic mass is 32.2. The maximum Gasteiger partial charge on any atom is 0.265 e. The lowest BCUT2D eigenvalue weighted by molar-refractivity contribution is 0.150. The molecule has 0 aliphatic carbocycles. The summed E-state index contributed by atoms with van der Waals surface area (Å²) < 4.78 is 45.5. The third-order valence-electron chi connectivity index (χ3n) is 1.37. The van der Waals surface area contributed by atoms with Crippen LogP contribution in [-0.2, 0) is 10.0 Å². The minimum atomic E-state index is -4.18. The van der Waals surface area contributed by atoms with Crippen LogP contribution in [-0.4, -0.2) is 18.5 Å². The Hall–Kier alpha value is -1.28. The molecule has 14 heavy (non-hydrogen) atoms. The number of alkyl halides is 2. The fourth-order valence-corrected chi connectivity index (χ4v) is 1.34. The van der Waals surface area contributed by atoms with Crippen molar-refractivity contribution in [2.75, 3.05) is 0 Å². The monoisotopic (exact) mass is 224 g/mol. The molecule has 1 aromatic rings. The van der Waals surface area contributed by atoms with Gasteiger partial charge >= 0.3 is 0 Å². The van der Waals surface area contributed by atoms with Gasteiger partial charge in [-0.3, -0.25) is 0 Å². The average Bonchev–Trinajstić information content (AvgIpc) is 2.01. The Morgan fingerprint density at radius 3 is 2.43 bits per heavy atom. The van der Waals surface area contributed by atoms with Crippen molar-refractivity contribution in [3.8, 4) is 5.75 Å². The number of pyridine rings is 1. The molecular formula is C6H6F2N2O3S. The topological polar surface area (TPSA) is 93.3 Å². The van der Waals surface area contributed by atoms with Gasteiger partial charge in [0.05, 0.1) is 0 Å². The normalized spacial score (nSPS) is 12.0. The Bertz CT molecular complexity index is 446. The first kappa shape index (κ1) is 10.8. The number of halogens is 2.